The molecule has 0 spiro atoms. The van der Waals surface area contributed by atoms with Gasteiger partial charge in [0.25, 0.3) is 5.56 Å². The van der Waals surface area contributed by atoms with Crippen molar-refractivity contribution >= 4 is 17.4 Å². The molecule has 1 fully saturated rings. The molecular weight excluding hydrogens is 274 g/mol. The van der Waals surface area contributed by atoms with Gasteiger partial charge in [-0.15, -0.1) is 0 Å². The third-order valence-corrected chi connectivity index (χ3v) is 3.38. The van der Waals surface area contributed by atoms with Crippen molar-refractivity contribution in [2.75, 3.05) is 17.6 Å². The van der Waals surface area contributed by atoms with Gasteiger partial charge in [-0.3, -0.25) is 19.1 Å². The van der Waals surface area contributed by atoms with Crippen molar-refractivity contribution in [3.63, 3.8) is 0 Å². The minimum Gasteiger partial charge on any atom is -0.383 e. The number of nitrogens with zero attached hydrogens (tertiary/aromatic N) is 1. The molecule has 1 aromatic rings. The monoisotopic (exact) mass is 295 g/mol. The highest BCUT2D eigenvalue weighted by atomic mass is 16.2. The van der Waals surface area contributed by atoms with E-state index >= 15 is 0 Å². The van der Waals surface area contributed by atoms with Crippen LogP contribution in [0.5, 0.6) is 0 Å². The third-order valence-electron chi connectivity index (χ3n) is 3.38. The van der Waals surface area contributed by atoms with E-state index in [1.807, 2.05) is 0 Å². The lowest BCUT2D eigenvalue weighted by Gasteiger charge is -2.12. The number of anilines is 2. The molecule has 1 aliphatic rings. The quantitative estimate of drug-likeness (QED) is 0.510. The van der Waals surface area contributed by atoms with Gasteiger partial charge in [-0.2, -0.15) is 0 Å². The Morgan fingerprint density at radius 1 is 1.43 bits per heavy atom. The van der Waals surface area contributed by atoms with E-state index in [0.29, 0.717) is 32.0 Å². The molecule has 21 heavy (non-hydrogen) atoms. The predicted octanol–water partition coefficient (Wildman–Crippen LogP) is -0.391. The molecule has 116 valence electrons. The standard InChI is InChI=1S/C13H21N5O3/c1-2-18-11(14)10(12(20)17-13(18)21)15-7-3-4-9(19)16-8-5-6-8/h8,15H,2-7,14H2,1H3,(H,16,19)(H,17,20,21). The molecule has 0 atom stereocenters. The van der Waals surface area contributed by atoms with Crippen molar-refractivity contribution in [3.05, 3.63) is 20.8 Å². The molecule has 1 heterocycles. The first-order chi connectivity index (χ1) is 10.0. The highest BCUT2D eigenvalue weighted by Crippen LogP contribution is 2.18. The number of hydrogen-bond donors (Lipinski definition) is 4. The van der Waals surface area contributed by atoms with E-state index in [9.17, 15) is 14.4 Å². The van der Waals surface area contributed by atoms with Gasteiger partial charge in [0.05, 0.1) is 0 Å². The Kier molecular flexibility index (Phi) is 4.66. The summed E-state index contributed by atoms with van der Waals surface area (Å²) in [5.41, 5.74) is 4.94. The van der Waals surface area contributed by atoms with Crippen LogP contribution in [0.25, 0.3) is 0 Å². The Balaban J connectivity index is 1.89. The number of H-pyrrole nitrogens is 1. The molecule has 0 aliphatic heterocycles. The van der Waals surface area contributed by atoms with Gasteiger partial charge in [0.15, 0.2) is 0 Å². The molecule has 5 N–H and O–H groups in total. The van der Waals surface area contributed by atoms with E-state index in [4.69, 9.17) is 5.73 Å². The topological polar surface area (TPSA) is 122 Å². The third kappa shape index (κ3) is 3.87. The van der Waals surface area contributed by atoms with Crippen LogP contribution in [0.15, 0.2) is 9.59 Å². The van der Waals surface area contributed by atoms with Gasteiger partial charge in [0, 0.05) is 25.6 Å². The van der Waals surface area contributed by atoms with Crippen LogP contribution in [0.4, 0.5) is 11.5 Å². The lowest BCUT2D eigenvalue weighted by Crippen LogP contribution is -2.34. The second-order valence-electron chi connectivity index (χ2n) is 5.14. The second-order valence-corrected chi connectivity index (χ2v) is 5.14. The van der Waals surface area contributed by atoms with Gasteiger partial charge in [-0.05, 0) is 26.2 Å². The summed E-state index contributed by atoms with van der Waals surface area (Å²) in [5.74, 6) is 0.147. The van der Waals surface area contributed by atoms with Crippen molar-refractivity contribution in [3.8, 4) is 0 Å². The zero-order valence-electron chi connectivity index (χ0n) is 12.1. The van der Waals surface area contributed by atoms with E-state index < -0.39 is 11.2 Å². The Bertz CT molecular complexity index is 630. The largest absolute Gasteiger partial charge is 0.383 e. The molecule has 0 unspecified atom stereocenters. The number of amides is 1. The van der Waals surface area contributed by atoms with E-state index in [-0.39, 0.29) is 17.4 Å². The average Bonchev–Trinajstić information content (AvgIpc) is 3.21. The molecule has 1 saturated carbocycles. The van der Waals surface area contributed by atoms with Gasteiger partial charge in [0.1, 0.15) is 11.5 Å². The maximum absolute atomic E-state index is 11.7. The molecule has 1 amide bonds. The summed E-state index contributed by atoms with van der Waals surface area (Å²) >= 11 is 0. The first-order valence-corrected chi connectivity index (χ1v) is 7.18. The minimum absolute atomic E-state index is 0.0275. The fourth-order valence-corrected chi connectivity index (χ4v) is 2.06. The SMILES string of the molecule is CCn1c(N)c(NCCCC(=O)NC2CC2)c(=O)[nH]c1=O. The molecule has 2 rings (SSSR count). The van der Waals surface area contributed by atoms with Crippen LogP contribution in [-0.4, -0.2) is 28.0 Å². The molecule has 0 bridgehead atoms. The molecule has 1 aliphatic carbocycles. The number of aromatic amines is 1. The van der Waals surface area contributed by atoms with Crippen molar-refractivity contribution in [1.29, 1.82) is 0 Å². The number of nitrogens with one attached hydrogen (secondary N) is 3. The molecular formula is C13H21N5O3. The van der Waals surface area contributed by atoms with Crippen LogP contribution in [-0.2, 0) is 11.3 Å². The van der Waals surface area contributed by atoms with Crippen LogP contribution in [0, 0.1) is 0 Å². The number of carbonyl (C=O) groups is 1. The minimum atomic E-state index is -0.537. The highest BCUT2D eigenvalue weighted by molar-refractivity contribution is 5.76. The maximum Gasteiger partial charge on any atom is 0.330 e. The normalized spacial score (nSPS) is 14.0. The molecule has 8 heteroatoms. The Morgan fingerprint density at radius 2 is 2.14 bits per heavy atom. The lowest BCUT2D eigenvalue weighted by atomic mass is 10.3. The van der Waals surface area contributed by atoms with Gasteiger partial charge in [-0.25, -0.2) is 4.79 Å². The van der Waals surface area contributed by atoms with Gasteiger partial charge in [0.2, 0.25) is 5.91 Å². The first-order valence-electron chi connectivity index (χ1n) is 7.18. The maximum atomic E-state index is 11.7. The number of rotatable bonds is 7. The van der Waals surface area contributed by atoms with E-state index in [1.165, 1.54) is 4.57 Å². The van der Waals surface area contributed by atoms with E-state index in [2.05, 4.69) is 15.6 Å². The van der Waals surface area contributed by atoms with Crippen molar-refractivity contribution < 1.29 is 4.79 Å². The summed E-state index contributed by atoms with van der Waals surface area (Å²) in [6.07, 6.45) is 3.11. The van der Waals surface area contributed by atoms with E-state index in [1.54, 1.807) is 6.92 Å². The zero-order valence-corrected chi connectivity index (χ0v) is 12.1. The van der Waals surface area contributed by atoms with Crippen LogP contribution >= 0.6 is 0 Å². The molecule has 0 saturated heterocycles. The molecule has 0 aromatic carbocycles. The number of nitrogens with two attached hydrogens (primary N) is 1. The smallest absolute Gasteiger partial charge is 0.330 e. The summed E-state index contributed by atoms with van der Waals surface area (Å²) in [6.45, 7) is 2.58. The van der Waals surface area contributed by atoms with Crippen LogP contribution in [0.1, 0.15) is 32.6 Å². The van der Waals surface area contributed by atoms with Crippen LogP contribution in [0.3, 0.4) is 0 Å². The fraction of sp³-hybridized carbons (Fsp3) is 0.615. The van der Waals surface area contributed by atoms with Crippen molar-refractivity contribution in [1.82, 2.24) is 14.9 Å². The zero-order chi connectivity index (χ0) is 15.4. The molecule has 0 radical (unpaired) electrons. The summed E-state index contributed by atoms with van der Waals surface area (Å²) in [4.78, 5) is 37.0. The Hall–Kier alpha value is -2.25. The molecule has 8 nitrogen and oxygen atoms in total. The summed E-state index contributed by atoms with van der Waals surface area (Å²) in [5, 5.41) is 5.80. The van der Waals surface area contributed by atoms with Gasteiger partial charge >= 0.3 is 5.69 Å². The summed E-state index contributed by atoms with van der Waals surface area (Å²) in [7, 11) is 0. The van der Waals surface area contributed by atoms with Crippen molar-refractivity contribution in [2.24, 2.45) is 0 Å². The van der Waals surface area contributed by atoms with Crippen LogP contribution < -0.4 is 27.6 Å². The Morgan fingerprint density at radius 3 is 2.76 bits per heavy atom. The fourth-order valence-electron chi connectivity index (χ4n) is 2.06. The number of hydrogen-bond acceptors (Lipinski definition) is 5. The first kappa shape index (κ1) is 15.1. The van der Waals surface area contributed by atoms with Gasteiger partial charge < -0.3 is 16.4 Å². The number of nitrogen functional groups attached to an aromatic ring is 1. The lowest BCUT2D eigenvalue weighted by molar-refractivity contribution is -0.121. The van der Waals surface area contributed by atoms with Gasteiger partial charge in [-0.1, -0.05) is 0 Å². The number of aromatic nitrogens is 2. The summed E-state index contributed by atoms with van der Waals surface area (Å²) in [6, 6.07) is 0.358. The second kappa shape index (κ2) is 6.47. The summed E-state index contributed by atoms with van der Waals surface area (Å²) < 4.78 is 1.28. The van der Waals surface area contributed by atoms with Crippen LogP contribution in [0.2, 0.25) is 0 Å². The predicted molar refractivity (Wildman–Crippen MR) is 80.3 cm³/mol. The van der Waals surface area contributed by atoms with E-state index in [0.717, 1.165) is 12.8 Å². The number of carbonyl (C=O) groups excluding carboxylic acids is 1. The average molecular weight is 295 g/mol. The Labute approximate surface area is 121 Å². The molecule has 1 aromatic heterocycles. The van der Waals surface area contributed by atoms with Crippen molar-refractivity contribution in [2.45, 2.75) is 45.2 Å². The highest BCUT2D eigenvalue weighted by Gasteiger charge is 2.22.